The van der Waals surface area contributed by atoms with Crippen LogP contribution in [0.1, 0.15) is 25.1 Å². The van der Waals surface area contributed by atoms with Crippen LogP contribution in [0, 0.1) is 0 Å². The van der Waals surface area contributed by atoms with Crippen molar-refractivity contribution in [1.82, 2.24) is 19.8 Å². The Balaban J connectivity index is 1.24. The number of benzene rings is 1. The van der Waals surface area contributed by atoms with E-state index in [9.17, 15) is 4.79 Å². The van der Waals surface area contributed by atoms with Crippen molar-refractivity contribution in [3.63, 3.8) is 0 Å². The van der Waals surface area contributed by atoms with E-state index >= 15 is 0 Å². The molecule has 2 fully saturated rings. The van der Waals surface area contributed by atoms with E-state index in [1.807, 2.05) is 12.1 Å². The monoisotopic (exact) mass is 468 g/mol. The first kappa shape index (κ1) is 22.4. The van der Waals surface area contributed by atoms with Crippen LogP contribution in [-0.2, 0) is 20.7 Å². The van der Waals surface area contributed by atoms with Gasteiger partial charge >= 0.3 is 0 Å². The van der Waals surface area contributed by atoms with E-state index in [1.165, 1.54) is 0 Å². The minimum atomic E-state index is -0.429. The highest BCUT2D eigenvalue weighted by molar-refractivity contribution is 5.92. The number of hydrogen-bond donors (Lipinski definition) is 1. The van der Waals surface area contributed by atoms with Gasteiger partial charge in [0.05, 0.1) is 33.1 Å². The Labute approximate surface area is 196 Å². The zero-order valence-corrected chi connectivity index (χ0v) is 19.3. The first-order chi connectivity index (χ1) is 16.6. The van der Waals surface area contributed by atoms with E-state index in [-0.39, 0.29) is 12.3 Å². The average Bonchev–Trinajstić information content (AvgIpc) is 3.50. The second-order valence-electron chi connectivity index (χ2n) is 8.29. The summed E-state index contributed by atoms with van der Waals surface area (Å²) in [6, 6.07) is 9.09. The fraction of sp³-hybridized carbons (Fsp3) is 0.478. The normalized spacial score (nSPS) is 17.3. The summed E-state index contributed by atoms with van der Waals surface area (Å²) in [6.07, 6.45) is 2.21. The number of rotatable bonds is 7. The van der Waals surface area contributed by atoms with Crippen molar-refractivity contribution in [3.05, 3.63) is 36.2 Å². The minimum Gasteiger partial charge on any atom is -0.497 e. The number of ether oxygens (including phenoxy) is 4. The molecular weight excluding hydrogens is 440 g/mol. The second-order valence-corrected chi connectivity index (χ2v) is 8.29. The maximum absolute atomic E-state index is 12.6. The number of anilines is 2. The van der Waals surface area contributed by atoms with Gasteiger partial charge in [-0.25, -0.2) is 0 Å². The highest BCUT2D eigenvalue weighted by Crippen LogP contribution is 2.33. The van der Waals surface area contributed by atoms with Crippen molar-refractivity contribution in [2.75, 3.05) is 50.7 Å². The van der Waals surface area contributed by atoms with Crippen molar-refractivity contribution < 1.29 is 23.7 Å². The predicted molar refractivity (Wildman–Crippen MR) is 123 cm³/mol. The highest BCUT2D eigenvalue weighted by Gasteiger charge is 2.40. The van der Waals surface area contributed by atoms with Crippen LogP contribution in [0.15, 0.2) is 30.3 Å². The predicted octanol–water partition coefficient (Wildman–Crippen LogP) is 2.06. The van der Waals surface area contributed by atoms with Gasteiger partial charge in [-0.1, -0.05) is 0 Å². The number of methoxy groups -OCH3 is 2. The molecule has 3 aromatic rings. The van der Waals surface area contributed by atoms with Crippen LogP contribution in [0.25, 0.3) is 5.65 Å². The zero-order chi connectivity index (χ0) is 23.5. The number of aromatic nitrogens is 4. The minimum absolute atomic E-state index is 0.169. The summed E-state index contributed by atoms with van der Waals surface area (Å²) in [5.41, 5.74) is 1.20. The molecule has 0 unspecified atom stereocenters. The summed E-state index contributed by atoms with van der Waals surface area (Å²) in [5.74, 6) is 2.06. The topological polar surface area (TPSA) is 112 Å². The molecule has 4 heterocycles. The summed E-state index contributed by atoms with van der Waals surface area (Å²) in [7, 11) is 3.13. The van der Waals surface area contributed by atoms with E-state index in [0.29, 0.717) is 48.3 Å². The summed E-state index contributed by atoms with van der Waals surface area (Å²) in [4.78, 5) is 14.8. The van der Waals surface area contributed by atoms with E-state index in [0.717, 1.165) is 31.7 Å². The SMILES string of the molecule is COc1ccc(OC)c(NC(=O)CCc2nnc3ccc(N4CCC5(CC4)OCCO5)nn23)c1. The molecule has 0 bridgehead atoms. The number of hydrogen-bond acceptors (Lipinski definition) is 9. The number of piperidine rings is 1. The van der Waals surface area contributed by atoms with Crippen LogP contribution in [0.2, 0.25) is 0 Å². The van der Waals surface area contributed by atoms with E-state index in [4.69, 9.17) is 24.0 Å². The zero-order valence-electron chi connectivity index (χ0n) is 19.3. The third kappa shape index (κ3) is 4.48. The lowest BCUT2D eigenvalue weighted by molar-refractivity contribution is -0.169. The fourth-order valence-electron chi connectivity index (χ4n) is 4.36. The molecule has 1 spiro atoms. The van der Waals surface area contributed by atoms with Gasteiger partial charge in [0.15, 0.2) is 17.3 Å². The summed E-state index contributed by atoms with van der Waals surface area (Å²) in [6.45, 7) is 2.90. The van der Waals surface area contributed by atoms with Crippen LogP contribution in [0.5, 0.6) is 11.5 Å². The summed E-state index contributed by atoms with van der Waals surface area (Å²) in [5, 5.41) is 16.1. The van der Waals surface area contributed by atoms with Gasteiger partial charge in [0, 0.05) is 44.8 Å². The molecule has 2 saturated heterocycles. The van der Waals surface area contributed by atoms with Crippen molar-refractivity contribution >= 4 is 23.1 Å². The lowest BCUT2D eigenvalue weighted by Gasteiger charge is -2.38. The van der Waals surface area contributed by atoms with Crippen LogP contribution < -0.4 is 19.7 Å². The molecule has 11 heteroatoms. The molecule has 2 aromatic heterocycles. The van der Waals surface area contributed by atoms with Gasteiger partial charge in [0.1, 0.15) is 17.3 Å². The molecule has 2 aliphatic heterocycles. The molecule has 0 atom stereocenters. The average molecular weight is 469 g/mol. The molecule has 34 heavy (non-hydrogen) atoms. The van der Waals surface area contributed by atoms with E-state index < -0.39 is 5.79 Å². The molecule has 1 aromatic carbocycles. The fourth-order valence-corrected chi connectivity index (χ4v) is 4.36. The first-order valence-electron chi connectivity index (χ1n) is 11.4. The van der Waals surface area contributed by atoms with Crippen LogP contribution in [0.3, 0.4) is 0 Å². The Kier molecular flexibility index (Phi) is 6.20. The maximum Gasteiger partial charge on any atom is 0.224 e. The van der Waals surface area contributed by atoms with Crippen molar-refractivity contribution in [2.24, 2.45) is 0 Å². The van der Waals surface area contributed by atoms with Crippen molar-refractivity contribution in [3.8, 4) is 11.5 Å². The Hall–Kier alpha value is -3.44. The molecule has 180 valence electrons. The molecule has 0 aliphatic carbocycles. The van der Waals surface area contributed by atoms with Gasteiger partial charge in [-0.15, -0.1) is 15.3 Å². The second kappa shape index (κ2) is 9.43. The lowest BCUT2D eigenvalue weighted by atomic mass is 10.0. The van der Waals surface area contributed by atoms with Gasteiger partial charge in [-0.3, -0.25) is 4.79 Å². The largest absolute Gasteiger partial charge is 0.497 e. The quantitative estimate of drug-likeness (QED) is 0.557. The molecule has 2 aliphatic rings. The van der Waals surface area contributed by atoms with Crippen LogP contribution in [-0.4, -0.2) is 72.0 Å². The van der Waals surface area contributed by atoms with Crippen molar-refractivity contribution in [2.45, 2.75) is 31.5 Å². The first-order valence-corrected chi connectivity index (χ1v) is 11.4. The summed E-state index contributed by atoms with van der Waals surface area (Å²) >= 11 is 0. The van der Waals surface area contributed by atoms with Gasteiger partial charge in [-0.05, 0) is 24.3 Å². The van der Waals surface area contributed by atoms with Gasteiger partial charge in [-0.2, -0.15) is 4.52 Å². The van der Waals surface area contributed by atoms with Crippen molar-refractivity contribution in [1.29, 1.82) is 0 Å². The Morgan fingerprint density at radius 1 is 1.09 bits per heavy atom. The molecule has 11 nitrogen and oxygen atoms in total. The van der Waals surface area contributed by atoms with E-state index in [1.54, 1.807) is 36.9 Å². The molecule has 0 saturated carbocycles. The highest BCUT2D eigenvalue weighted by atomic mass is 16.7. The number of carbonyl (C=O) groups excluding carboxylic acids is 1. The Morgan fingerprint density at radius 2 is 1.88 bits per heavy atom. The smallest absolute Gasteiger partial charge is 0.224 e. The number of amides is 1. The molecule has 1 N–H and O–H groups in total. The third-order valence-corrected chi connectivity index (χ3v) is 6.23. The molecule has 0 radical (unpaired) electrons. The lowest BCUT2D eigenvalue weighted by Crippen LogP contribution is -2.45. The maximum atomic E-state index is 12.6. The van der Waals surface area contributed by atoms with Gasteiger partial charge in [0.2, 0.25) is 5.91 Å². The standard InChI is InChI=1S/C23H28N6O5/c1-31-16-3-4-18(32-2)17(15-16)24-22(30)8-7-20-26-25-19-5-6-21(27-29(19)20)28-11-9-23(10-12-28)33-13-14-34-23/h3-6,15H,7-14H2,1-2H3,(H,24,30). The number of aryl methyl sites for hydroxylation is 1. The number of fused-ring (bicyclic) bond motifs is 1. The molecular formula is C23H28N6O5. The Bertz CT molecular complexity index is 1170. The third-order valence-electron chi connectivity index (χ3n) is 6.23. The van der Waals surface area contributed by atoms with Gasteiger partial charge < -0.3 is 29.2 Å². The van der Waals surface area contributed by atoms with Crippen LogP contribution >= 0.6 is 0 Å². The number of nitrogens with one attached hydrogen (secondary N) is 1. The Morgan fingerprint density at radius 3 is 2.62 bits per heavy atom. The molecule has 1 amide bonds. The van der Waals surface area contributed by atoms with Gasteiger partial charge in [0.25, 0.3) is 0 Å². The van der Waals surface area contributed by atoms with E-state index in [2.05, 4.69) is 20.4 Å². The molecule has 5 rings (SSSR count). The number of carbonyl (C=O) groups is 1. The van der Waals surface area contributed by atoms with Crippen LogP contribution in [0.4, 0.5) is 11.5 Å². The number of nitrogens with zero attached hydrogens (tertiary/aromatic N) is 5. The summed E-state index contributed by atoms with van der Waals surface area (Å²) < 4.78 is 23.9.